The molecule has 160 valence electrons. The van der Waals surface area contributed by atoms with Gasteiger partial charge in [0.05, 0.1) is 17.4 Å². The van der Waals surface area contributed by atoms with E-state index in [1.807, 2.05) is 54.6 Å². The normalized spacial score (nSPS) is 16.5. The SMILES string of the molecule is O=C(C[C@H]1c2ccccc2CCN1S(=O)(=O)c1ccc(F)cc1)OCc1ccccc1. The number of benzene rings is 3. The predicted molar refractivity (Wildman–Crippen MR) is 114 cm³/mol. The van der Waals surface area contributed by atoms with Gasteiger partial charge in [-0.05, 0) is 47.4 Å². The molecular formula is C24H22FNO4S. The molecule has 3 aromatic carbocycles. The lowest BCUT2D eigenvalue weighted by atomic mass is 9.92. The zero-order valence-electron chi connectivity index (χ0n) is 16.8. The fourth-order valence-corrected chi connectivity index (χ4v) is 5.43. The van der Waals surface area contributed by atoms with Crippen molar-refractivity contribution in [2.24, 2.45) is 0 Å². The van der Waals surface area contributed by atoms with Crippen molar-refractivity contribution in [2.45, 2.75) is 30.4 Å². The number of fused-ring (bicyclic) bond motifs is 1. The smallest absolute Gasteiger partial charge is 0.308 e. The summed E-state index contributed by atoms with van der Waals surface area (Å²) < 4.78 is 46.7. The standard InChI is InChI=1S/C24H22FNO4S/c25-20-10-12-21(13-11-20)31(28,29)26-15-14-19-8-4-5-9-22(19)23(26)16-24(27)30-17-18-6-2-1-3-7-18/h1-13,23H,14-17H2/t23-/m0/s1. The number of esters is 1. The Hall–Kier alpha value is -3.03. The molecule has 0 spiro atoms. The van der Waals surface area contributed by atoms with E-state index in [0.29, 0.717) is 6.42 Å². The average Bonchev–Trinajstić information content (AvgIpc) is 2.79. The Kier molecular flexibility index (Phi) is 6.15. The maximum Gasteiger partial charge on any atom is 0.308 e. The maximum absolute atomic E-state index is 13.3. The van der Waals surface area contributed by atoms with Gasteiger partial charge in [-0.1, -0.05) is 54.6 Å². The van der Waals surface area contributed by atoms with Crippen molar-refractivity contribution in [3.8, 4) is 0 Å². The van der Waals surface area contributed by atoms with Crippen molar-refractivity contribution >= 4 is 16.0 Å². The maximum atomic E-state index is 13.3. The summed E-state index contributed by atoms with van der Waals surface area (Å²) >= 11 is 0. The van der Waals surface area contributed by atoms with E-state index in [4.69, 9.17) is 4.74 Å². The van der Waals surface area contributed by atoms with Gasteiger partial charge in [-0.3, -0.25) is 4.79 Å². The molecule has 7 heteroatoms. The molecular weight excluding hydrogens is 417 g/mol. The third-order valence-corrected chi connectivity index (χ3v) is 7.31. The van der Waals surface area contributed by atoms with E-state index in [0.717, 1.165) is 28.8 Å². The molecule has 0 amide bonds. The monoisotopic (exact) mass is 439 g/mol. The number of sulfonamides is 1. The summed E-state index contributed by atoms with van der Waals surface area (Å²) in [7, 11) is -3.92. The van der Waals surface area contributed by atoms with Crippen molar-refractivity contribution in [3.05, 3.63) is 101 Å². The summed E-state index contributed by atoms with van der Waals surface area (Å²) in [6.07, 6.45) is 0.427. The number of hydrogen-bond donors (Lipinski definition) is 0. The zero-order chi connectivity index (χ0) is 21.8. The van der Waals surface area contributed by atoms with Crippen LogP contribution in [-0.4, -0.2) is 25.2 Å². The Bertz CT molecular complexity index is 1160. The van der Waals surface area contributed by atoms with E-state index in [1.165, 1.54) is 16.4 Å². The van der Waals surface area contributed by atoms with Gasteiger partial charge in [-0.25, -0.2) is 12.8 Å². The minimum absolute atomic E-state index is 0.00376. The molecule has 0 aliphatic carbocycles. The van der Waals surface area contributed by atoms with Gasteiger partial charge in [0.15, 0.2) is 0 Å². The topological polar surface area (TPSA) is 63.7 Å². The van der Waals surface area contributed by atoms with Gasteiger partial charge in [-0.2, -0.15) is 4.31 Å². The molecule has 0 bridgehead atoms. The molecule has 0 unspecified atom stereocenters. The quantitative estimate of drug-likeness (QED) is 0.539. The molecule has 0 saturated heterocycles. The van der Waals surface area contributed by atoms with Gasteiger partial charge in [0.2, 0.25) is 10.0 Å². The highest BCUT2D eigenvalue weighted by Gasteiger charge is 2.37. The van der Waals surface area contributed by atoms with Crippen LogP contribution in [0, 0.1) is 5.82 Å². The van der Waals surface area contributed by atoms with E-state index < -0.39 is 27.9 Å². The van der Waals surface area contributed by atoms with Crippen LogP contribution >= 0.6 is 0 Å². The van der Waals surface area contributed by atoms with E-state index in [9.17, 15) is 17.6 Å². The molecule has 0 N–H and O–H groups in total. The third kappa shape index (κ3) is 4.68. The molecule has 1 aliphatic heterocycles. The average molecular weight is 440 g/mol. The first-order valence-corrected chi connectivity index (χ1v) is 11.4. The zero-order valence-corrected chi connectivity index (χ0v) is 17.6. The lowest BCUT2D eigenvalue weighted by molar-refractivity contribution is -0.146. The highest BCUT2D eigenvalue weighted by molar-refractivity contribution is 7.89. The fraction of sp³-hybridized carbons (Fsp3) is 0.208. The van der Waals surface area contributed by atoms with Crippen LogP contribution in [0.2, 0.25) is 0 Å². The lowest BCUT2D eigenvalue weighted by Gasteiger charge is -2.36. The van der Waals surface area contributed by atoms with E-state index in [-0.39, 0.29) is 24.5 Å². The first kappa shape index (κ1) is 21.2. The Morgan fingerprint density at radius 2 is 1.65 bits per heavy atom. The van der Waals surface area contributed by atoms with Crippen LogP contribution in [-0.2, 0) is 32.6 Å². The van der Waals surface area contributed by atoms with Crippen molar-refractivity contribution in [3.63, 3.8) is 0 Å². The van der Waals surface area contributed by atoms with Gasteiger partial charge >= 0.3 is 5.97 Å². The fourth-order valence-electron chi connectivity index (χ4n) is 3.82. The van der Waals surface area contributed by atoms with Crippen LogP contribution in [0.25, 0.3) is 0 Å². The molecule has 0 aromatic heterocycles. The van der Waals surface area contributed by atoms with Crippen molar-refractivity contribution < 1.29 is 22.3 Å². The highest BCUT2D eigenvalue weighted by Crippen LogP contribution is 2.36. The summed E-state index contributed by atoms with van der Waals surface area (Å²) in [5.74, 6) is -0.992. The summed E-state index contributed by atoms with van der Waals surface area (Å²) in [6.45, 7) is 0.353. The summed E-state index contributed by atoms with van der Waals surface area (Å²) in [4.78, 5) is 12.7. The first-order valence-electron chi connectivity index (χ1n) is 10.00. The minimum atomic E-state index is -3.92. The van der Waals surface area contributed by atoms with Crippen LogP contribution in [0.4, 0.5) is 4.39 Å². The summed E-state index contributed by atoms with van der Waals surface area (Å²) in [5, 5.41) is 0. The predicted octanol–water partition coefficient (Wildman–Crippen LogP) is 4.25. The van der Waals surface area contributed by atoms with Crippen LogP contribution in [0.1, 0.15) is 29.2 Å². The summed E-state index contributed by atoms with van der Waals surface area (Å²) in [5.41, 5.74) is 2.65. The van der Waals surface area contributed by atoms with Gasteiger partial charge in [0, 0.05) is 6.54 Å². The van der Waals surface area contributed by atoms with Crippen LogP contribution in [0.3, 0.4) is 0 Å². The molecule has 0 radical (unpaired) electrons. The minimum Gasteiger partial charge on any atom is -0.461 e. The number of ether oxygens (including phenoxy) is 1. The molecule has 1 atom stereocenters. The molecule has 0 fully saturated rings. The molecule has 31 heavy (non-hydrogen) atoms. The molecule has 3 aromatic rings. The van der Waals surface area contributed by atoms with Crippen LogP contribution in [0.15, 0.2) is 83.8 Å². The van der Waals surface area contributed by atoms with E-state index >= 15 is 0 Å². The Labute approximate surface area is 181 Å². The number of rotatable bonds is 6. The molecule has 0 saturated carbocycles. The van der Waals surface area contributed by atoms with Crippen molar-refractivity contribution in [2.75, 3.05) is 6.54 Å². The Morgan fingerprint density at radius 1 is 0.968 bits per heavy atom. The molecule has 5 nitrogen and oxygen atoms in total. The number of nitrogens with zero attached hydrogens (tertiary/aromatic N) is 1. The first-order chi connectivity index (χ1) is 14.9. The van der Waals surface area contributed by atoms with Gasteiger partial charge in [0.1, 0.15) is 12.4 Å². The second-order valence-corrected chi connectivity index (χ2v) is 9.28. The third-order valence-electron chi connectivity index (χ3n) is 5.39. The molecule has 1 heterocycles. The number of carbonyl (C=O) groups is 1. The highest BCUT2D eigenvalue weighted by atomic mass is 32.2. The van der Waals surface area contributed by atoms with E-state index in [1.54, 1.807) is 0 Å². The Balaban J connectivity index is 1.60. The molecule has 1 aliphatic rings. The van der Waals surface area contributed by atoms with Crippen LogP contribution in [0.5, 0.6) is 0 Å². The number of hydrogen-bond acceptors (Lipinski definition) is 4. The van der Waals surface area contributed by atoms with Crippen molar-refractivity contribution in [1.82, 2.24) is 4.31 Å². The molecule has 4 rings (SSSR count). The second-order valence-electron chi connectivity index (χ2n) is 7.38. The van der Waals surface area contributed by atoms with Gasteiger partial charge < -0.3 is 4.74 Å². The van der Waals surface area contributed by atoms with Crippen LogP contribution < -0.4 is 0 Å². The summed E-state index contributed by atoms with van der Waals surface area (Å²) in [6, 6.07) is 20.9. The number of halogens is 1. The second kappa shape index (κ2) is 8.99. The van der Waals surface area contributed by atoms with Crippen molar-refractivity contribution in [1.29, 1.82) is 0 Å². The number of carbonyl (C=O) groups excluding carboxylic acids is 1. The van der Waals surface area contributed by atoms with E-state index in [2.05, 4.69) is 0 Å². The lowest BCUT2D eigenvalue weighted by Crippen LogP contribution is -2.41. The largest absolute Gasteiger partial charge is 0.461 e. The van der Waals surface area contributed by atoms with Gasteiger partial charge in [-0.15, -0.1) is 0 Å². The van der Waals surface area contributed by atoms with Gasteiger partial charge in [0.25, 0.3) is 0 Å². The Morgan fingerprint density at radius 3 is 2.39 bits per heavy atom.